The third kappa shape index (κ3) is 2.83. The molecule has 0 saturated carbocycles. The van der Waals surface area contributed by atoms with Crippen molar-refractivity contribution in [2.75, 3.05) is 0 Å². The standard InChI is InChI=1S/C16H14Cl2N2.BrH/c1-3-20-15(18)14(17)19-16(20)13-9-10(2)8-11-6-4-5-7-12(11)13;/h4-9H,3H2,1-2H3;1H. The molecule has 110 valence electrons. The molecule has 3 rings (SSSR count). The van der Waals surface area contributed by atoms with Crippen molar-refractivity contribution in [1.29, 1.82) is 0 Å². The molecule has 0 aliphatic carbocycles. The lowest BCUT2D eigenvalue weighted by Gasteiger charge is -2.10. The van der Waals surface area contributed by atoms with E-state index in [9.17, 15) is 0 Å². The summed E-state index contributed by atoms with van der Waals surface area (Å²) in [6, 6.07) is 12.6. The normalized spacial score (nSPS) is 10.7. The van der Waals surface area contributed by atoms with Crippen molar-refractivity contribution in [2.45, 2.75) is 20.4 Å². The summed E-state index contributed by atoms with van der Waals surface area (Å²) in [6.45, 7) is 4.85. The molecule has 0 aliphatic rings. The number of aromatic nitrogens is 2. The number of benzene rings is 2. The number of hydrogen-bond donors (Lipinski definition) is 0. The zero-order valence-corrected chi connectivity index (χ0v) is 15.0. The Morgan fingerprint density at radius 1 is 1.14 bits per heavy atom. The van der Waals surface area contributed by atoms with Gasteiger partial charge in [-0.3, -0.25) is 0 Å². The van der Waals surface area contributed by atoms with E-state index in [1.807, 2.05) is 23.6 Å². The second-order valence-corrected chi connectivity index (χ2v) is 5.51. The van der Waals surface area contributed by atoms with Crippen molar-refractivity contribution < 1.29 is 0 Å². The van der Waals surface area contributed by atoms with Crippen LogP contribution in [0.1, 0.15) is 12.5 Å². The first-order valence-corrected chi connectivity index (χ1v) is 7.28. The van der Waals surface area contributed by atoms with Crippen molar-refractivity contribution in [1.82, 2.24) is 9.55 Å². The zero-order chi connectivity index (χ0) is 14.3. The number of nitrogens with zero attached hydrogens (tertiary/aromatic N) is 2. The van der Waals surface area contributed by atoms with Gasteiger partial charge in [0.1, 0.15) is 11.0 Å². The Bertz CT molecular complexity index is 796. The van der Waals surface area contributed by atoms with Crippen LogP contribution in [-0.2, 0) is 6.54 Å². The molecule has 0 atom stereocenters. The maximum Gasteiger partial charge on any atom is 0.166 e. The Morgan fingerprint density at radius 3 is 2.57 bits per heavy atom. The molecule has 2 aromatic carbocycles. The van der Waals surface area contributed by atoms with Gasteiger partial charge in [-0.15, -0.1) is 17.0 Å². The first-order chi connectivity index (χ1) is 9.61. The SMILES string of the molecule is Br.CCn1c(-c2cc(C)cc3ccccc23)nc(Cl)c1Cl. The van der Waals surface area contributed by atoms with E-state index in [1.165, 1.54) is 10.9 Å². The van der Waals surface area contributed by atoms with Gasteiger partial charge in [0, 0.05) is 12.1 Å². The largest absolute Gasteiger partial charge is 0.314 e. The number of aryl methyl sites for hydroxylation is 1. The maximum atomic E-state index is 6.22. The van der Waals surface area contributed by atoms with Crippen LogP contribution < -0.4 is 0 Å². The summed E-state index contributed by atoms with van der Waals surface area (Å²) in [4.78, 5) is 4.44. The van der Waals surface area contributed by atoms with Gasteiger partial charge in [0.15, 0.2) is 5.15 Å². The molecule has 0 N–H and O–H groups in total. The van der Waals surface area contributed by atoms with Crippen molar-refractivity contribution in [3.63, 3.8) is 0 Å². The van der Waals surface area contributed by atoms with Crippen LogP contribution in [0.15, 0.2) is 36.4 Å². The van der Waals surface area contributed by atoms with E-state index in [1.54, 1.807) is 0 Å². The molecule has 0 bridgehead atoms. The van der Waals surface area contributed by atoms with Gasteiger partial charge in [0.05, 0.1) is 0 Å². The molecule has 0 radical (unpaired) electrons. The minimum atomic E-state index is 0. The van der Waals surface area contributed by atoms with Crippen LogP contribution in [-0.4, -0.2) is 9.55 Å². The van der Waals surface area contributed by atoms with Crippen LogP contribution in [0.3, 0.4) is 0 Å². The Morgan fingerprint density at radius 2 is 1.86 bits per heavy atom. The van der Waals surface area contributed by atoms with Crippen LogP contribution in [0.25, 0.3) is 22.2 Å². The molecule has 3 aromatic rings. The van der Waals surface area contributed by atoms with Crippen molar-refractivity contribution >= 4 is 51.0 Å². The van der Waals surface area contributed by atoms with Crippen LogP contribution in [0.4, 0.5) is 0 Å². The lowest BCUT2D eigenvalue weighted by Crippen LogP contribution is -1.98. The highest BCUT2D eigenvalue weighted by Crippen LogP contribution is 2.34. The monoisotopic (exact) mass is 384 g/mol. The summed E-state index contributed by atoms with van der Waals surface area (Å²) < 4.78 is 1.94. The van der Waals surface area contributed by atoms with E-state index in [0.717, 1.165) is 23.3 Å². The Balaban J connectivity index is 0.00000161. The zero-order valence-electron chi connectivity index (χ0n) is 11.7. The minimum absolute atomic E-state index is 0. The molecule has 0 saturated heterocycles. The summed E-state index contributed by atoms with van der Waals surface area (Å²) >= 11 is 12.3. The quantitative estimate of drug-likeness (QED) is 0.535. The maximum absolute atomic E-state index is 6.22. The number of fused-ring (bicyclic) bond motifs is 1. The molecule has 1 aromatic heterocycles. The highest BCUT2D eigenvalue weighted by molar-refractivity contribution is 8.93. The first kappa shape index (κ1) is 16.3. The Labute approximate surface area is 144 Å². The van der Waals surface area contributed by atoms with Crippen LogP contribution in [0.5, 0.6) is 0 Å². The second-order valence-electron chi connectivity index (χ2n) is 4.79. The molecule has 1 heterocycles. The van der Waals surface area contributed by atoms with Gasteiger partial charge in [0.25, 0.3) is 0 Å². The van der Waals surface area contributed by atoms with Gasteiger partial charge in [-0.2, -0.15) is 0 Å². The van der Waals surface area contributed by atoms with Crippen LogP contribution in [0.2, 0.25) is 10.3 Å². The van der Waals surface area contributed by atoms with Crippen molar-refractivity contribution in [3.8, 4) is 11.4 Å². The molecule has 0 spiro atoms. The lowest BCUT2D eigenvalue weighted by atomic mass is 10.0. The van der Waals surface area contributed by atoms with E-state index >= 15 is 0 Å². The summed E-state index contributed by atoms with van der Waals surface area (Å²) in [5, 5.41) is 3.20. The second kappa shape index (κ2) is 6.39. The number of hydrogen-bond acceptors (Lipinski definition) is 1. The number of imidazole rings is 1. The topological polar surface area (TPSA) is 17.8 Å². The predicted molar refractivity (Wildman–Crippen MR) is 95.9 cm³/mol. The van der Waals surface area contributed by atoms with E-state index in [4.69, 9.17) is 23.2 Å². The number of rotatable bonds is 2. The third-order valence-electron chi connectivity index (χ3n) is 3.43. The molecule has 2 nitrogen and oxygen atoms in total. The molecule has 21 heavy (non-hydrogen) atoms. The van der Waals surface area contributed by atoms with E-state index in [-0.39, 0.29) is 17.0 Å². The minimum Gasteiger partial charge on any atom is -0.314 e. The smallest absolute Gasteiger partial charge is 0.166 e. The molecule has 0 aliphatic heterocycles. The van der Waals surface area contributed by atoms with Gasteiger partial charge in [0.2, 0.25) is 0 Å². The van der Waals surface area contributed by atoms with E-state index in [0.29, 0.717) is 10.3 Å². The van der Waals surface area contributed by atoms with Crippen molar-refractivity contribution in [3.05, 3.63) is 52.3 Å². The van der Waals surface area contributed by atoms with Gasteiger partial charge >= 0.3 is 0 Å². The van der Waals surface area contributed by atoms with Crippen LogP contribution >= 0.6 is 40.2 Å². The molecular weight excluding hydrogens is 371 g/mol. The van der Waals surface area contributed by atoms with E-state index in [2.05, 4.69) is 36.2 Å². The fourth-order valence-corrected chi connectivity index (χ4v) is 2.97. The summed E-state index contributed by atoms with van der Waals surface area (Å²) in [5.74, 6) is 0.822. The Kier molecular flexibility index (Phi) is 4.97. The molecule has 0 unspecified atom stereocenters. The fourth-order valence-electron chi connectivity index (χ4n) is 2.54. The first-order valence-electron chi connectivity index (χ1n) is 6.53. The average Bonchev–Trinajstić information content (AvgIpc) is 2.73. The fraction of sp³-hybridized carbons (Fsp3) is 0.188. The highest BCUT2D eigenvalue weighted by Gasteiger charge is 2.16. The summed E-state index contributed by atoms with van der Waals surface area (Å²) in [5.41, 5.74) is 2.26. The lowest BCUT2D eigenvalue weighted by molar-refractivity contribution is 0.772. The van der Waals surface area contributed by atoms with E-state index < -0.39 is 0 Å². The predicted octanol–water partition coefficient (Wildman–Crippen LogP) is 5.92. The van der Waals surface area contributed by atoms with Crippen LogP contribution in [0, 0.1) is 6.92 Å². The summed E-state index contributed by atoms with van der Waals surface area (Å²) in [7, 11) is 0. The molecule has 0 fully saturated rings. The Hall–Kier alpha value is -1.03. The molecule has 5 heteroatoms. The molecule has 0 amide bonds. The summed E-state index contributed by atoms with van der Waals surface area (Å²) in [6.07, 6.45) is 0. The third-order valence-corrected chi connectivity index (χ3v) is 4.17. The van der Waals surface area contributed by atoms with Gasteiger partial charge in [-0.25, -0.2) is 4.98 Å². The van der Waals surface area contributed by atoms with Gasteiger partial charge < -0.3 is 4.57 Å². The van der Waals surface area contributed by atoms with Gasteiger partial charge in [-0.1, -0.05) is 53.5 Å². The van der Waals surface area contributed by atoms with Crippen molar-refractivity contribution in [2.24, 2.45) is 0 Å². The average molecular weight is 386 g/mol. The molecular formula is C16H15BrCl2N2. The van der Waals surface area contributed by atoms with Gasteiger partial charge in [-0.05, 0) is 36.2 Å². The highest BCUT2D eigenvalue weighted by atomic mass is 79.9. The number of halogens is 3.